The summed E-state index contributed by atoms with van der Waals surface area (Å²) in [5, 5.41) is 0. The Morgan fingerprint density at radius 2 is 1.69 bits per heavy atom. The summed E-state index contributed by atoms with van der Waals surface area (Å²) in [5.41, 5.74) is 0.771. The highest BCUT2D eigenvalue weighted by Crippen LogP contribution is 2.23. The summed E-state index contributed by atoms with van der Waals surface area (Å²) in [6, 6.07) is 7.59. The SMILES string of the molecule is CC(C)Oc1ccc(C(=O)N2CCC(CCN3CCCCC3)CC2)cc1. The molecule has 0 unspecified atom stereocenters. The number of amides is 1. The molecule has 0 bridgehead atoms. The normalized spacial score (nSPS) is 19.7. The summed E-state index contributed by atoms with van der Waals surface area (Å²) in [6.45, 7) is 9.63. The molecule has 1 amide bonds. The molecule has 0 spiro atoms. The molecule has 2 aliphatic rings. The van der Waals surface area contributed by atoms with E-state index in [9.17, 15) is 4.79 Å². The van der Waals surface area contributed by atoms with Gasteiger partial charge in [0.1, 0.15) is 5.75 Å². The fraction of sp³-hybridized carbons (Fsp3) is 0.682. The molecular formula is C22H34N2O2. The Morgan fingerprint density at radius 1 is 1.04 bits per heavy atom. The van der Waals surface area contributed by atoms with Crippen molar-refractivity contribution in [2.45, 2.75) is 58.5 Å². The number of carbonyl (C=O) groups is 1. The standard InChI is InChI=1S/C22H34N2O2/c1-18(2)26-21-8-6-20(7-9-21)22(25)24-16-11-19(12-17-24)10-15-23-13-4-3-5-14-23/h6-9,18-19H,3-5,10-17H2,1-2H3. The van der Waals surface area contributed by atoms with E-state index in [1.54, 1.807) is 0 Å². The third kappa shape index (κ3) is 5.47. The van der Waals surface area contributed by atoms with Gasteiger partial charge in [-0.1, -0.05) is 6.42 Å². The second-order valence-corrected chi connectivity index (χ2v) is 8.12. The lowest BCUT2D eigenvalue weighted by molar-refractivity contribution is 0.0679. The Labute approximate surface area is 158 Å². The van der Waals surface area contributed by atoms with Gasteiger partial charge in [-0.05, 0) is 95.8 Å². The number of likely N-dealkylation sites (tertiary alicyclic amines) is 2. The Kier molecular flexibility index (Phi) is 6.95. The van der Waals surface area contributed by atoms with Crippen LogP contribution in [-0.2, 0) is 0 Å². The quantitative estimate of drug-likeness (QED) is 0.764. The molecule has 0 N–H and O–H groups in total. The minimum atomic E-state index is 0.153. The molecule has 0 saturated carbocycles. The number of rotatable bonds is 6. The van der Waals surface area contributed by atoms with Gasteiger partial charge in [0.2, 0.25) is 0 Å². The van der Waals surface area contributed by atoms with Gasteiger partial charge in [-0.3, -0.25) is 4.79 Å². The molecule has 144 valence electrons. The van der Waals surface area contributed by atoms with E-state index in [0.717, 1.165) is 43.2 Å². The molecule has 3 rings (SSSR count). The van der Waals surface area contributed by atoms with Crippen LogP contribution in [0.2, 0.25) is 0 Å². The Bertz CT molecular complexity index is 556. The molecular weight excluding hydrogens is 324 g/mol. The molecule has 1 aromatic rings. The largest absolute Gasteiger partial charge is 0.491 e. The maximum Gasteiger partial charge on any atom is 0.253 e. The minimum Gasteiger partial charge on any atom is -0.491 e. The van der Waals surface area contributed by atoms with Crippen LogP contribution < -0.4 is 4.74 Å². The third-order valence-electron chi connectivity index (χ3n) is 5.68. The van der Waals surface area contributed by atoms with Crippen molar-refractivity contribution in [3.8, 4) is 5.75 Å². The van der Waals surface area contributed by atoms with Gasteiger partial charge in [0.15, 0.2) is 0 Å². The molecule has 26 heavy (non-hydrogen) atoms. The molecule has 0 aromatic heterocycles. The Hall–Kier alpha value is -1.55. The van der Waals surface area contributed by atoms with Gasteiger partial charge in [-0.15, -0.1) is 0 Å². The average molecular weight is 359 g/mol. The third-order valence-corrected chi connectivity index (χ3v) is 5.68. The number of hydrogen-bond acceptors (Lipinski definition) is 3. The summed E-state index contributed by atoms with van der Waals surface area (Å²) in [7, 11) is 0. The molecule has 2 saturated heterocycles. The van der Waals surface area contributed by atoms with Crippen LogP contribution in [0.4, 0.5) is 0 Å². The molecule has 2 aliphatic heterocycles. The number of ether oxygens (including phenoxy) is 1. The number of nitrogens with zero attached hydrogens (tertiary/aromatic N) is 2. The van der Waals surface area contributed by atoms with E-state index in [4.69, 9.17) is 4.74 Å². The lowest BCUT2D eigenvalue weighted by atomic mass is 9.92. The summed E-state index contributed by atoms with van der Waals surface area (Å²) in [6.07, 6.45) is 7.88. The van der Waals surface area contributed by atoms with Crippen LogP contribution in [0.5, 0.6) is 5.75 Å². The Balaban J connectivity index is 1.42. The van der Waals surface area contributed by atoms with Gasteiger partial charge in [-0.2, -0.15) is 0 Å². The van der Waals surface area contributed by atoms with Gasteiger partial charge in [0.05, 0.1) is 6.10 Å². The molecule has 0 atom stereocenters. The first-order chi connectivity index (χ1) is 12.6. The summed E-state index contributed by atoms with van der Waals surface area (Å²) in [5.74, 6) is 1.77. The molecule has 2 fully saturated rings. The summed E-state index contributed by atoms with van der Waals surface area (Å²) < 4.78 is 5.66. The zero-order valence-electron chi connectivity index (χ0n) is 16.5. The molecule has 0 aliphatic carbocycles. The van der Waals surface area contributed by atoms with Gasteiger partial charge in [0, 0.05) is 18.7 Å². The number of hydrogen-bond donors (Lipinski definition) is 0. The highest BCUT2D eigenvalue weighted by atomic mass is 16.5. The molecule has 4 nitrogen and oxygen atoms in total. The molecule has 0 radical (unpaired) electrons. The lowest BCUT2D eigenvalue weighted by Gasteiger charge is -2.34. The second-order valence-electron chi connectivity index (χ2n) is 8.12. The highest BCUT2D eigenvalue weighted by molar-refractivity contribution is 5.94. The molecule has 1 aromatic carbocycles. The van der Waals surface area contributed by atoms with E-state index in [1.807, 2.05) is 43.0 Å². The van der Waals surface area contributed by atoms with E-state index in [-0.39, 0.29) is 12.0 Å². The Morgan fingerprint density at radius 3 is 2.31 bits per heavy atom. The van der Waals surface area contributed by atoms with Crippen LogP contribution in [0.1, 0.15) is 62.7 Å². The monoisotopic (exact) mass is 358 g/mol. The fourth-order valence-electron chi connectivity index (χ4n) is 4.10. The van der Waals surface area contributed by atoms with Gasteiger partial charge in [0.25, 0.3) is 5.91 Å². The van der Waals surface area contributed by atoms with Crippen LogP contribution in [0.15, 0.2) is 24.3 Å². The number of benzene rings is 1. The number of piperidine rings is 2. The topological polar surface area (TPSA) is 32.8 Å². The minimum absolute atomic E-state index is 0.153. The fourth-order valence-corrected chi connectivity index (χ4v) is 4.10. The van der Waals surface area contributed by atoms with Gasteiger partial charge < -0.3 is 14.5 Å². The van der Waals surface area contributed by atoms with Gasteiger partial charge >= 0.3 is 0 Å². The smallest absolute Gasteiger partial charge is 0.253 e. The average Bonchev–Trinajstić information content (AvgIpc) is 2.67. The van der Waals surface area contributed by atoms with Gasteiger partial charge in [-0.25, -0.2) is 0 Å². The highest BCUT2D eigenvalue weighted by Gasteiger charge is 2.24. The van der Waals surface area contributed by atoms with E-state index < -0.39 is 0 Å². The van der Waals surface area contributed by atoms with Crippen LogP contribution in [-0.4, -0.2) is 54.5 Å². The van der Waals surface area contributed by atoms with E-state index in [0.29, 0.717) is 0 Å². The van der Waals surface area contributed by atoms with Crippen LogP contribution >= 0.6 is 0 Å². The maximum atomic E-state index is 12.7. The lowest BCUT2D eigenvalue weighted by Crippen LogP contribution is -2.39. The number of carbonyl (C=O) groups excluding carboxylic acids is 1. The van der Waals surface area contributed by atoms with Crippen molar-refractivity contribution in [2.75, 3.05) is 32.7 Å². The van der Waals surface area contributed by atoms with Crippen molar-refractivity contribution >= 4 is 5.91 Å². The van der Waals surface area contributed by atoms with E-state index in [2.05, 4.69) is 4.90 Å². The zero-order valence-corrected chi connectivity index (χ0v) is 16.5. The first-order valence-corrected chi connectivity index (χ1v) is 10.4. The van der Waals surface area contributed by atoms with Crippen LogP contribution in [0.3, 0.4) is 0 Å². The van der Waals surface area contributed by atoms with Crippen molar-refractivity contribution in [3.63, 3.8) is 0 Å². The van der Waals surface area contributed by atoms with E-state index >= 15 is 0 Å². The summed E-state index contributed by atoms with van der Waals surface area (Å²) in [4.78, 5) is 17.4. The molecule has 4 heteroatoms. The van der Waals surface area contributed by atoms with Crippen molar-refractivity contribution < 1.29 is 9.53 Å². The van der Waals surface area contributed by atoms with Crippen molar-refractivity contribution in [2.24, 2.45) is 5.92 Å². The molecule has 2 heterocycles. The second kappa shape index (κ2) is 9.40. The predicted molar refractivity (Wildman–Crippen MR) is 106 cm³/mol. The first-order valence-electron chi connectivity index (χ1n) is 10.4. The van der Waals surface area contributed by atoms with Crippen molar-refractivity contribution in [1.82, 2.24) is 9.80 Å². The van der Waals surface area contributed by atoms with Crippen molar-refractivity contribution in [3.05, 3.63) is 29.8 Å². The van der Waals surface area contributed by atoms with Crippen LogP contribution in [0.25, 0.3) is 0 Å². The predicted octanol–water partition coefficient (Wildman–Crippen LogP) is 4.20. The summed E-state index contributed by atoms with van der Waals surface area (Å²) >= 11 is 0. The zero-order chi connectivity index (χ0) is 18.4. The first kappa shape index (κ1) is 19.2. The van der Waals surface area contributed by atoms with Crippen molar-refractivity contribution in [1.29, 1.82) is 0 Å². The maximum absolute atomic E-state index is 12.7. The van der Waals surface area contributed by atoms with E-state index in [1.165, 1.54) is 45.3 Å². The van der Waals surface area contributed by atoms with Crippen LogP contribution in [0, 0.1) is 5.92 Å².